The van der Waals surface area contributed by atoms with Gasteiger partial charge in [0.15, 0.2) is 5.76 Å². The third-order valence-electron chi connectivity index (χ3n) is 6.22. The zero-order valence-corrected chi connectivity index (χ0v) is 19.6. The summed E-state index contributed by atoms with van der Waals surface area (Å²) >= 11 is 0. The Kier molecular flexibility index (Phi) is 6.55. The second kappa shape index (κ2) is 9.53. The van der Waals surface area contributed by atoms with Gasteiger partial charge in [-0.3, -0.25) is 4.79 Å². The van der Waals surface area contributed by atoms with Crippen LogP contribution in [0.15, 0.2) is 45.4 Å². The Morgan fingerprint density at radius 2 is 1.79 bits per heavy atom. The lowest BCUT2D eigenvalue weighted by molar-refractivity contribution is -0.120. The Morgan fingerprint density at radius 1 is 1.12 bits per heavy atom. The molecule has 0 saturated carbocycles. The van der Waals surface area contributed by atoms with Crippen molar-refractivity contribution in [1.82, 2.24) is 4.98 Å². The smallest absolute Gasteiger partial charge is 0.266 e. The third kappa shape index (κ3) is 4.65. The third-order valence-corrected chi connectivity index (χ3v) is 6.22. The maximum Gasteiger partial charge on any atom is 0.266 e. The van der Waals surface area contributed by atoms with Crippen molar-refractivity contribution in [3.8, 4) is 17.7 Å². The van der Waals surface area contributed by atoms with Crippen molar-refractivity contribution in [2.45, 2.75) is 52.4 Å². The fraction of sp³-hybridized carbons (Fsp3) is 0.423. The first-order valence-corrected chi connectivity index (χ1v) is 11.5. The number of rotatable bonds is 6. The molecule has 0 spiro atoms. The number of carbonyl (C=O) groups excluding carboxylic acids is 1. The van der Waals surface area contributed by atoms with Crippen molar-refractivity contribution < 1.29 is 13.6 Å². The van der Waals surface area contributed by atoms with E-state index in [0.29, 0.717) is 49.4 Å². The van der Waals surface area contributed by atoms with Crippen molar-refractivity contribution in [1.29, 1.82) is 5.26 Å². The first-order valence-electron chi connectivity index (χ1n) is 11.5. The minimum Gasteiger partial charge on any atom is -0.459 e. The van der Waals surface area contributed by atoms with Crippen LogP contribution in [0.2, 0.25) is 0 Å². The maximum absolute atomic E-state index is 13.2. The van der Waals surface area contributed by atoms with Gasteiger partial charge in [0.2, 0.25) is 17.5 Å². The predicted octanol–water partition coefficient (Wildman–Crippen LogP) is 5.91. The Morgan fingerprint density at radius 3 is 2.33 bits per heavy atom. The van der Waals surface area contributed by atoms with E-state index >= 15 is 0 Å². The van der Waals surface area contributed by atoms with Crippen LogP contribution < -0.4 is 10.2 Å². The van der Waals surface area contributed by atoms with E-state index in [0.717, 1.165) is 16.8 Å². The summed E-state index contributed by atoms with van der Waals surface area (Å²) in [7, 11) is 0. The zero-order chi connectivity index (χ0) is 23.5. The molecule has 0 bridgehead atoms. The molecule has 7 nitrogen and oxygen atoms in total. The molecule has 4 rings (SSSR count). The van der Waals surface area contributed by atoms with E-state index < -0.39 is 0 Å². The number of aromatic nitrogens is 1. The van der Waals surface area contributed by atoms with Crippen molar-refractivity contribution in [3.63, 3.8) is 0 Å². The first kappa shape index (κ1) is 22.7. The van der Waals surface area contributed by atoms with Crippen LogP contribution in [0.1, 0.15) is 69.2 Å². The van der Waals surface area contributed by atoms with Crippen LogP contribution in [0.4, 0.5) is 11.6 Å². The Balaban J connectivity index is 1.46. The number of nitrogens with one attached hydrogen (secondary N) is 1. The predicted molar refractivity (Wildman–Crippen MR) is 127 cm³/mol. The summed E-state index contributed by atoms with van der Waals surface area (Å²) < 4.78 is 11.2. The van der Waals surface area contributed by atoms with Gasteiger partial charge in [0.25, 0.3) is 5.89 Å². The van der Waals surface area contributed by atoms with Gasteiger partial charge in [-0.1, -0.05) is 45.9 Å². The van der Waals surface area contributed by atoms with Gasteiger partial charge in [-0.25, -0.2) is 0 Å². The molecule has 1 aliphatic heterocycles. The molecule has 0 unspecified atom stereocenters. The topological polar surface area (TPSA) is 95.3 Å². The summed E-state index contributed by atoms with van der Waals surface area (Å²) in [4.78, 5) is 19.5. The number of carbonyl (C=O) groups is 1. The number of piperidine rings is 1. The lowest BCUT2D eigenvalue weighted by Crippen LogP contribution is -2.38. The molecule has 1 saturated heterocycles. The van der Waals surface area contributed by atoms with E-state index in [2.05, 4.69) is 62.3 Å². The SMILES string of the molecule is CC(C)c1cccc(C(C)C)c1NC(=O)C1CCN(c2oc(-c3ccco3)nc2C#N)CC1. The quantitative estimate of drug-likeness (QED) is 0.506. The van der Waals surface area contributed by atoms with Crippen LogP contribution in [0.3, 0.4) is 0 Å². The number of nitrogens with zero attached hydrogens (tertiary/aromatic N) is 3. The number of furan rings is 1. The van der Waals surface area contributed by atoms with Crippen molar-refractivity contribution in [2.75, 3.05) is 23.3 Å². The minimum absolute atomic E-state index is 0.0546. The van der Waals surface area contributed by atoms with E-state index in [1.807, 2.05) is 4.90 Å². The highest BCUT2D eigenvalue weighted by molar-refractivity contribution is 5.94. The maximum atomic E-state index is 13.2. The Labute approximate surface area is 194 Å². The molecular formula is C26H30N4O3. The molecule has 1 aliphatic rings. The average molecular weight is 447 g/mol. The molecule has 1 fully saturated rings. The molecule has 172 valence electrons. The van der Waals surface area contributed by atoms with Crippen LogP contribution in [0.25, 0.3) is 11.7 Å². The standard InChI is InChI=1S/C26H30N4O3/c1-16(2)19-7-5-8-20(17(3)4)23(19)29-24(31)18-10-12-30(13-11-18)26-21(15-27)28-25(33-26)22-9-6-14-32-22/h5-9,14,16-18H,10-13H2,1-4H3,(H,29,31). The van der Waals surface area contributed by atoms with Gasteiger partial charge in [0, 0.05) is 24.7 Å². The normalized spacial score (nSPS) is 14.6. The van der Waals surface area contributed by atoms with Crippen LogP contribution in [0.5, 0.6) is 0 Å². The summed E-state index contributed by atoms with van der Waals surface area (Å²) in [5, 5.41) is 12.8. The van der Waals surface area contributed by atoms with Gasteiger partial charge in [-0.15, -0.1) is 0 Å². The average Bonchev–Trinajstić information content (AvgIpc) is 3.49. The number of para-hydroxylation sites is 1. The number of anilines is 2. The lowest BCUT2D eigenvalue weighted by atomic mass is 9.91. The highest BCUT2D eigenvalue weighted by Crippen LogP contribution is 2.34. The fourth-order valence-electron chi connectivity index (χ4n) is 4.37. The van der Waals surface area contributed by atoms with Crippen LogP contribution in [0, 0.1) is 17.2 Å². The highest BCUT2D eigenvalue weighted by Gasteiger charge is 2.30. The summed E-state index contributed by atoms with van der Waals surface area (Å²) in [6, 6.07) is 11.9. The number of benzene rings is 1. The molecule has 1 amide bonds. The number of amides is 1. The van der Waals surface area contributed by atoms with Gasteiger partial charge < -0.3 is 19.1 Å². The van der Waals surface area contributed by atoms with E-state index in [9.17, 15) is 10.1 Å². The minimum atomic E-state index is -0.0977. The first-order chi connectivity index (χ1) is 15.9. The summed E-state index contributed by atoms with van der Waals surface area (Å²) in [5.74, 6) is 1.81. The van der Waals surface area contributed by atoms with Gasteiger partial charge in [-0.05, 0) is 47.9 Å². The van der Waals surface area contributed by atoms with Crippen molar-refractivity contribution >= 4 is 17.5 Å². The molecular weight excluding hydrogens is 416 g/mol. The number of nitriles is 1. The van der Waals surface area contributed by atoms with E-state index in [1.54, 1.807) is 12.1 Å². The molecule has 3 heterocycles. The van der Waals surface area contributed by atoms with Crippen molar-refractivity contribution in [3.05, 3.63) is 53.4 Å². The van der Waals surface area contributed by atoms with Crippen LogP contribution in [-0.4, -0.2) is 24.0 Å². The number of hydrogen-bond donors (Lipinski definition) is 1. The molecule has 2 aromatic heterocycles. The monoisotopic (exact) mass is 446 g/mol. The Bertz CT molecular complexity index is 1120. The van der Waals surface area contributed by atoms with E-state index in [4.69, 9.17) is 8.83 Å². The van der Waals surface area contributed by atoms with E-state index in [1.165, 1.54) is 6.26 Å². The number of hydrogen-bond acceptors (Lipinski definition) is 6. The van der Waals surface area contributed by atoms with Crippen LogP contribution >= 0.6 is 0 Å². The van der Waals surface area contributed by atoms with Gasteiger partial charge in [-0.2, -0.15) is 10.2 Å². The van der Waals surface area contributed by atoms with Gasteiger partial charge in [0.1, 0.15) is 6.07 Å². The summed E-state index contributed by atoms with van der Waals surface area (Å²) in [6.45, 7) is 9.82. The highest BCUT2D eigenvalue weighted by atomic mass is 16.4. The summed E-state index contributed by atoms with van der Waals surface area (Å²) in [6.07, 6.45) is 2.89. The molecule has 33 heavy (non-hydrogen) atoms. The zero-order valence-electron chi connectivity index (χ0n) is 19.6. The van der Waals surface area contributed by atoms with Crippen molar-refractivity contribution in [2.24, 2.45) is 5.92 Å². The summed E-state index contributed by atoms with van der Waals surface area (Å²) in [5.41, 5.74) is 3.52. The fourth-order valence-corrected chi connectivity index (χ4v) is 4.37. The molecule has 0 aliphatic carbocycles. The van der Waals surface area contributed by atoms with E-state index in [-0.39, 0.29) is 23.4 Å². The molecule has 7 heteroatoms. The van der Waals surface area contributed by atoms with Gasteiger partial charge >= 0.3 is 0 Å². The molecule has 0 atom stereocenters. The molecule has 1 N–H and O–H groups in total. The second-order valence-electron chi connectivity index (χ2n) is 9.13. The van der Waals surface area contributed by atoms with Crippen LogP contribution in [-0.2, 0) is 4.79 Å². The second-order valence-corrected chi connectivity index (χ2v) is 9.13. The lowest BCUT2D eigenvalue weighted by Gasteiger charge is -2.31. The molecule has 1 aromatic carbocycles. The Hall–Kier alpha value is -3.53. The number of oxazole rings is 1. The molecule has 0 radical (unpaired) electrons. The largest absolute Gasteiger partial charge is 0.459 e. The molecule has 3 aromatic rings. The van der Waals surface area contributed by atoms with Gasteiger partial charge in [0.05, 0.1) is 6.26 Å².